The Kier molecular flexibility index (Phi) is 8.65. The first-order valence-corrected chi connectivity index (χ1v) is 11.8. The lowest BCUT2D eigenvalue weighted by Gasteiger charge is -2.09. The number of thioether (sulfide) groups is 2. The smallest absolute Gasteiger partial charge is 0.329 e. The highest BCUT2D eigenvalue weighted by atomic mass is 35.5. The average Bonchev–Trinajstić information content (AvgIpc) is 3.29. The number of methoxy groups -OCH3 is 1. The molecule has 1 heterocycles. The summed E-state index contributed by atoms with van der Waals surface area (Å²) in [6.45, 7) is 0.855. The number of carbonyl (C=O) groups excluding carboxylic acids is 2. The highest BCUT2D eigenvalue weighted by molar-refractivity contribution is 8.38. The third-order valence-electron chi connectivity index (χ3n) is 4.00. The summed E-state index contributed by atoms with van der Waals surface area (Å²) in [7, 11) is 1.62. The zero-order valence-corrected chi connectivity index (χ0v) is 19.5. The largest absolute Gasteiger partial charge is 0.496 e. The Labute approximate surface area is 198 Å². The normalized spacial score (nSPS) is 13.2. The summed E-state index contributed by atoms with van der Waals surface area (Å²) in [5.74, 6) is 0.625. The van der Waals surface area contributed by atoms with E-state index in [1.807, 2.05) is 12.1 Å². The van der Waals surface area contributed by atoms with Gasteiger partial charge in [-0.25, -0.2) is 5.43 Å². The van der Waals surface area contributed by atoms with Crippen molar-refractivity contribution in [3.8, 4) is 5.75 Å². The Hall–Kier alpha value is -2.20. The van der Waals surface area contributed by atoms with Crippen LogP contribution in [0.1, 0.15) is 11.1 Å². The molecule has 162 valence electrons. The molecule has 0 atom stereocenters. The molecule has 0 saturated carbocycles. The second-order valence-corrected chi connectivity index (χ2v) is 9.20. The van der Waals surface area contributed by atoms with Gasteiger partial charge in [0.15, 0.2) is 0 Å². The number of hydrazone groups is 1. The van der Waals surface area contributed by atoms with Crippen LogP contribution in [-0.4, -0.2) is 41.8 Å². The van der Waals surface area contributed by atoms with Gasteiger partial charge in [-0.3, -0.25) is 14.6 Å². The molecule has 0 saturated heterocycles. The molecule has 31 heavy (non-hydrogen) atoms. The van der Waals surface area contributed by atoms with Gasteiger partial charge in [0, 0.05) is 17.1 Å². The molecule has 0 aliphatic carbocycles. The van der Waals surface area contributed by atoms with Crippen molar-refractivity contribution in [2.75, 3.05) is 24.7 Å². The fraction of sp³-hybridized carbons (Fsp3) is 0.200. The summed E-state index contributed by atoms with van der Waals surface area (Å²) >= 11 is 15.3. The summed E-state index contributed by atoms with van der Waals surface area (Å²) in [6.07, 6.45) is 1.45. The summed E-state index contributed by atoms with van der Waals surface area (Å²) in [6, 6.07) is 10.3. The third kappa shape index (κ3) is 6.64. The standard InChI is InChI=1S/C20H18Cl2N4O3S2/c1-29-16-6-5-12(9-13(16)11-31-20-23-7-8-30-20)10-24-26-19(28)18(27)25-15-4-2-3-14(21)17(15)22/h2-6,9-10H,7-8,11H2,1H3,(H,25,27)(H,26,28)/b24-10+. The Morgan fingerprint density at radius 2 is 2.13 bits per heavy atom. The van der Waals surface area contributed by atoms with Gasteiger partial charge >= 0.3 is 11.8 Å². The van der Waals surface area contributed by atoms with Crippen molar-refractivity contribution in [1.29, 1.82) is 0 Å². The van der Waals surface area contributed by atoms with Crippen LogP contribution in [0.25, 0.3) is 0 Å². The molecule has 2 aromatic rings. The number of hydrogen-bond acceptors (Lipinski definition) is 7. The van der Waals surface area contributed by atoms with E-state index in [9.17, 15) is 9.59 Å². The molecular formula is C20H18Cl2N4O3S2. The van der Waals surface area contributed by atoms with Crippen molar-refractivity contribution in [2.45, 2.75) is 5.75 Å². The van der Waals surface area contributed by atoms with Gasteiger partial charge in [0.25, 0.3) is 0 Å². The zero-order valence-electron chi connectivity index (χ0n) is 16.4. The maximum atomic E-state index is 12.0. The van der Waals surface area contributed by atoms with Crippen LogP contribution >= 0.6 is 46.7 Å². The minimum Gasteiger partial charge on any atom is -0.496 e. The van der Waals surface area contributed by atoms with E-state index < -0.39 is 11.8 Å². The molecule has 0 unspecified atom stereocenters. The Morgan fingerprint density at radius 1 is 1.29 bits per heavy atom. The van der Waals surface area contributed by atoms with Crippen LogP contribution in [-0.2, 0) is 15.3 Å². The fourth-order valence-corrected chi connectivity index (χ4v) is 4.86. The van der Waals surface area contributed by atoms with E-state index in [4.69, 9.17) is 27.9 Å². The second-order valence-electron chi connectivity index (χ2n) is 6.11. The molecule has 11 heteroatoms. The van der Waals surface area contributed by atoms with E-state index in [0.29, 0.717) is 5.75 Å². The molecule has 1 aliphatic rings. The average molecular weight is 497 g/mol. The SMILES string of the molecule is COc1ccc(/C=N/NC(=O)C(=O)Nc2cccc(Cl)c2Cl)cc1CSC1=NCCS1. The topological polar surface area (TPSA) is 92.1 Å². The fourth-order valence-electron chi connectivity index (χ4n) is 2.53. The van der Waals surface area contributed by atoms with E-state index >= 15 is 0 Å². The van der Waals surface area contributed by atoms with Crippen molar-refractivity contribution in [3.05, 3.63) is 57.6 Å². The number of amides is 2. The van der Waals surface area contributed by atoms with E-state index in [1.54, 1.807) is 48.8 Å². The van der Waals surface area contributed by atoms with Crippen LogP contribution in [0.2, 0.25) is 10.0 Å². The summed E-state index contributed by atoms with van der Waals surface area (Å²) in [4.78, 5) is 28.5. The Bertz CT molecular complexity index is 1050. The molecule has 0 bridgehead atoms. The minimum atomic E-state index is -0.937. The molecular weight excluding hydrogens is 479 g/mol. The van der Waals surface area contributed by atoms with E-state index in [-0.39, 0.29) is 15.7 Å². The van der Waals surface area contributed by atoms with Crippen LogP contribution in [0.15, 0.2) is 46.5 Å². The number of halogens is 2. The quantitative estimate of drug-likeness (QED) is 0.350. The predicted molar refractivity (Wildman–Crippen MR) is 130 cm³/mol. The number of anilines is 1. The van der Waals surface area contributed by atoms with Crippen LogP contribution in [0.3, 0.4) is 0 Å². The van der Waals surface area contributed by atoms with Crippen LogP contribution in [0.5, 0.6) is 5.75 Å². The number of carbonyl (C=O) groups is 2. The molecule has 1 aliphatic heterocycles. The number of ether oxygens (including phenoxy) is 1. The van der Waals surface area contributed by atoms with Gasteiger partial charge in [-0.2, -0.15) is 5.10 Å². The highest BCUT2D eigenvalue weighted by Gasteiger charge is 2.15. The number of hydrogen-bond donors (Lipinski definition) is 2. The van der Waals surface area contributed by atoms with Crippen LogP contribution in [0, 0.1) is 0 Å². The van der Waals surface area contributed by atoms with Crippen LogP contribution < -0.4 is 15.5 Å². The maximum absolute atomic E-state index is 12.0. The van der Waals surface area contributed by atoms with Gasteiger partial charge in [-0.15, -0.1) is 0 Å². The van der Waals surface area contributed by atoms with Gasteiger partial charge in [-0.1, -0.05) is 52.8 Å². The van der Waals surface area contributed by atoms with Gasteiger partial charge < -0.3 is 10.1 Å². The van der Waals surface area contributed by atoms with Crippen molar-refractivity contribution < 1.29 is 14.3 Å². The van der Waals surface area contributed by atoms with Crippen molar-refractivity contribution >= 4 is 74.8 Å². The van der Waals surface area contributed by atoms with Gasteiger partial charge in [0.05, 0.1) is 35.6 Å². The van der Waals surface area contributed by atoms with Crippen molar-refractivity contribution in [1.82, 2.24) is 5.43 Å². The van der Waals surface area contributed by atoms with Gasteiger partial charge in [0.1, 0.15) is 10.1 Å². The molecule has 2 N–H and O–H groups in total. The zero-order chi connectivity index (χ0) is 22.2. The number of rotatable bonds is 6. The third-order valence-corrected chi connectivity index (χ3v) is 7.12. The monoisotopic (exact) mass is 496 g/mol. The molecule has 2 aromatic carbocycles. The molecule has 0 aromatic heterocycles. The van der Waals surface area contributed by atoms with Gasteiger partial charge in [0.2, 0.25) is 0 Å². The van der Waals surface area contributed by atoms with Crippen molar-refractivity contribution in [3.63, 3.8) is 0 Å². The highest BCUT2D eigenvalue weighted by Crippen LogP contribution is 2.30. The molecule has 7 nitrogen and oxygen atoms in total. The molecule has 0 fully saturated rings. The minimum absolute atomic E-state index is 0.152. The van der Waals surface area contributed by atoms with Crippen molar-refractivity contribution in [2.24, 2.45) is 10.1 Å². The lowest BCUT2D eigenvalue weighted by molar-refractivity contribution is -0.136. The predicted octanol–water partition coefficient (Wildman–Crippen LogP) is 4.43. The lowest BCUT2D eigenvalue weighted by Crippen LogP contribution is -2.32. The van der Waals surface area contributed by atoms with E-state index in [2.05, 4.69) is 20.8 Å². The maximum Gasteiger partial charge on any atom is 0.329 e. The van der Waals surface area contributed by atoms with Gasteiger partial charge in [-0.05, 0) is 35.9 Å². The lowest BCUT2D eigenvalue weighted by atomic mass is 10.1. The van der Waals surface area contributed by atoms with E-state index in [0.717, 1.165) is 33.5 Å². The first kappa shape index (κ1) is 23.5. The number of aliphatic imine (C=N–C) groups is 1. The molecule has 2 amide bonds. The first-order valence-electron chi connectivity index (χ1n) is 9.03. The molecule has 0 spiro atoms. The number of nitrogens with one attached hydrogen (secondary N) is 2. The first-order chi connectivity index (χ1) is 15.0. The molecule has 0 radical (unpaired) electrons. The number of benzene rings is 2. The van der Waals surface area contributed by atoms with Crippen LogP contribution in [0.4, 0.5) is 5.69 Å². The summed E-state index contributed by atoms with van der Waals surface area (Å²) in [5, 5.41) is 6.67. The Morgan fingerprint density at radius 3 is 2.87 bits per heavy atom. The molecule has 3 rings (SSSR count). The number of nitrogens with zero attached hydrogens (tertiary/aromatic N) is 2. The second kappa shape index (κ2) is 11.4. The van der Waals surface area contributed by atoms with E-state index in [1.165, 1.54) is 12.3 Å². The Balaban J connectivity index is 1.59. The summed E-state index contributed by atoms with van der Waals surface area (Å²) in [5.41, 5.74) is 4.15. The summed E-state index contributed by atoms with van der Waals surface area (Å²) < 4.78 is 6.49.